The van der Waals surface area contributed by atoms with Gasteiger partial charge in [0.1, 0.15) is 17.5 Å². The van der Waals surface area contributed by atoms with E-state index in [0.717, 1.165) is 12.3 Å². The molecule has 0 aliphatic rings. The lowest BCUT2D eigenvalue weighted by Crippen LogP contribution is -2.38. The first-order chi connectivity index (χ1) is 13.7. The molecule has 0 heterocycles. The van der Waals surface area contributed by atoms with Gasteiger partial charge in [-0.2, -0.15) is 0 Å². The number of hydrogen-bond donors (Lipinski definition) is 2. The van der Waals surface area contributed by atoms with E-state index < -0.39 is 27.3 Å². The maximum atomic E-state index is 13.7. The molecule has 2 rings (SSSR count). The molecule has 2 aromatic carbocycles. The van der Waals surface area contributed by atoms with Gasteiger partial charge in [-0.15, -0.1) is 24.0 Å². The standard InChI is InChI=1S/C20H24F3N3O2S.HI/c1-3-24-20(25-9-8-14-4-6-18(22)11-19(14)23)26-12-16-10-17(21)7-5-15(16)13-29(2,27)28;/h4-7,10-11H,3,8-9,12-13H2,1-2H3,(H2,24,25,26);1H. The zero-order valence-corrected chi connectivity index (χ0v) is 19.9. The molecule has 0 saturated carbocycles. The van der Waals surface area contributed by atoms with E-state index in [1.54, 1.807) is 0 Å². The zero-order chi connectivity index (χ0) is 21.4. The maximum Gasteiger partial charge on any atom is 0.191 e. The summed E-state index contributed by atoms with van der Waals surface area (Å²) in [6.07, 6.45) is 1.43. The predicted molar refractivity (Wildman–Crippen MR) is 123 cm³/mol. The van der Waals surface area contributed by atoms with Gasteiger partial charge in [-0.05, 0) is 48.2 Å². The topological polar surface area (TPSA) is 70.6 Å². The Hall–Kier alpha value is -1.82. The normalized spacial score (nSPS) is 11.7. The Balaban J connectivity index is 0.00000450. The Bertz CT molecular complexity index is 985. The van der Waals surface area contributed by atoms with Gasteiger partial charge >= 0.3 is 0 Å². The summed E-state index contributed by atoms with van der Waals surface area (Å²) in [7, 11) is -3.28. The first-order valence-corrected chi connectivity index (χ1v) is 11.1. The fourth-order valence-corrected chi connectivity index (χ4v) is 3.56. The van der Waals surface area contributed by atoms with Crippen LogP contribution in [-0.4, -0.2) is 33.7 Å². The van der Waals surface area contributed by atoms with Gasteiger partial charge in [0.25, 0.3) is 0 Å². The third-order valence-electron chi connectivity index (χ3n) is 4.04. The van der Waals surface area contributed by atoms with Crippen LogP contribution in [0.25, 0.3) is 0 Å². The largest absolute Gasteiger partial charge is 0.357 e. The van der Waals surface area contributed by atoms with Crippen molar-refractivity contribution in [3.8, 4) is 0 Å². The number of rotatable bonds is 8. The summed E-state index contributed by atoms with van der Waals surface area (Å²) in [6, 6.07) is 7.35. The van der Waals surface area contributed by atoms with Crippen molar-refractivity contribution in [3.63, 3.8) is 0 Å². The summed E-state index contributed by atoms with van der Waals surface area (Å²) in [6.45, 7) is 2.85. The number of halogens is 4. The molecule has 0 spiro atoms. The number of nitrogens with zero attached hydrogens (tertiary/aromatic N) is 1. The average Bonchev–Trinajstić information content (AvgIpc) is 2.62. The van der Waals surface area contributed by atoms with Gasteiger partial charge in [0.05, 0.1) is 12.3 Å². The predicted octanol–water partition coefficient (Wildman–Crippen LogP) is 3.56. The summed E-state index contributed by atoms with van der Waals surface area (Å²) in [5.41, 5.74) is 1.33. The third-order valence-corrected chi connectivity index (χ3v) is 4.88. The molecule has 0 atom stereocenters. The van der Waals surface area contributed by atoms with Crippen molar-refractivity contribution in [2.24, 2.45) is 4.99 Å². The van der Waals surface area contributed by atoms with Crippen molar-refractivity contribution in [2.75, 3.05) is 19.3 Å². The van der Waals surface area contributed by atoms with Crippen molar-refractivity contribution in [1.82, 2.24) is 10.6 Å². The van der Waals surface area contributed by atoms with Crippen LogP contribution < -0.4 is 10.6 Å². The van der Waals surface area contributed by atoms with E-state index in [1.165, 1.54) is 30.3 Å². The lowest BCUT2D eigenvalue weighted by molar-refractivity contribution is 0.570. The molecule has 0 radical (unpaired) electrons. The molecular formula is C20H25F3IN3O2S. The SMILES string of the molecule is CCNC(=NCc1cc(F)ccc1CS(C)(=O)=O)NCCc1ccc(F)cc1F.I. The van der Waals surface area contributed by atoms with E-state index in [0.29, 0.717) is 42.2 Å². The lowest BCUT2D eigenvalue weighted by atomic mass is 10.1. The molecule has 2 aromatic rings. The average molecular weight is 555 g/mol. The van der Waals surface area contributed by atoms with Gasteiger partial charge in [0, 0.05) is 25.4 Å². The van der Waals surface area contributed by atoms with E-state index in [2.05, 4.69) is 15.6 Å². The van der Waals surface area contributed by atoms with Crippen molar-refractivity contribution < 1.29 is 21.6 Å². The number of guanidine groups is 1. The highest BCUT2D eigenvalue weighted by Crippen LogP contribution is 2.15. The fraction of sp³-hybridized carbons (Fsp3) is 0.350. The van der Waals surface area contributed by atoms with Gasteiger partial charge in [0.2, 0.25) is 0 Å². The van der Waals surface area contributed by atoms with Crippen LogP contribution in [0.5, 0.6) is 0 Å². The summed E-state index contributed by atoms with van der Waals surface area (Å²) in [5.74, 6) is -1.50. The van der Waals surface area contributed by atoms with Gasteiger partial charge in [-0.3, -0.25) is 0 Å². The fourth-order valence-electron chi connectivity index (χ4n) is 2.71. The van der Waals surface area contributed by atoms with Crippen LogP contribution in [0.4, 0.5) is 13.2 Å². The van der Waals surface area contributed by atoms with Crippen LogP contribution >= 0.6 is 24.0 Å². The Morgan fingerprint density at radius 2 is 1.60 bits per heavy atom. The molecule has 0 aliphatic carbocycles. The molecule has 10 heteroatoms. The van der Waals surface area contributed by atoms with Crippen molar-refractivity contribution >= 4 is 39.8 Å². The summed E-state index contributed by atoms with van der Waals surface area (Å²) < 4.78 is 63.5. The van der Waals surface area contributed by atoms with Gasteiger partial charge < -0.3 is 10.6 Å². The van der Waals surface area contributed by atoms with Gasteiger partial charge in [-0.1, -0.05) is 12.1 Å². The molecule has 0 bridgehead atoms. The second kappa shape index (κ2) is 12.1. The highest BCUT2D eigenvalue weighted by atomic mass is 127. The lowest BCUT2D eigenvalue weighted by Gasteiger charge is -2.13. The minimum Gasteiger partial charge on any atom is -0.357 e. The van der Waals surface area contributed by atoms with E-state index in [9.17, 15) is 21.6 Å². The number of nitrogens with one attached hydrogen (secondary N) is 2. The first kappa shape index (κ1) is 26.2. The molecular weight excluding hydrogens is 530 g/mol. The molecule has 0 fully saturated rings. The molecule has 166 valence electrons. The van der Waals surface area contributed by atoms with E-state index in [1.807, 2.05) is 6.92 Å². The quantitative estimate of drug-likeness (QED) is 0.297. The second-order valence-corrected chi connectivity index (χ2v) is 8.73. The maximum absolute atomic E-state index is 13.7. The summed E-state index contributed by atoms with van der Waals surface area (Å²) in [4.78, 5) is 4.36. The van der Waals surface area contributed by atoms with Gasteiger partial charge in [-0.25, -0.2) is 26.6 Å². The van der Waals surface area contributed by atoms with Crippen LogP contribution in [0, 0.1) is 17.5 Å². The van der Waals surface area contributed by atoms with Crippen LogP contribution in [0.2, 0.25) is 0 Å². The Morgan fingerprint density at radius 1 is 0.967 bits per heavy atom. The van der Waals surface area contributed by atoms with E-state index in [-0.39, 0.29) is 36.3 Å². The first-order valence-electron chi connectivity index (χ1n) is 9.09. The second-order valence-electron chi connectivity index (χ2n) is 6.59. The van der Waals surface area contributed by atoms with Crippen molar-refractivity contribution in [1.29, 1.82) is 0 Å². The smallest absolute Gasteiger partial charge is 0.191 e. The van der Waals surface area contributed by atoms with Crippen LogP contribution in [-0.2, 0) is 28.6 Å². The monoisotopic (exact) mass is 555 g/mol. The molecule has 2 N–H and O–H groups in total. The van der Waals surface area contributed by atoms with Crippen molar-refractivity contribution in [2.45, 2.75) is 25.6 Å². The van der Waals surface area contributed by atoms with E-state index in [4.69, 9.17) is 0 Å². The summed E-state index contributed by atoms with van der Waals surface area (Å²) >= 11 is 0. The Morgan fingerprint density at radius 3 is 2.20 bits per heavy atom. The number of benzene rings is 2. The Labute approximate surface area is 192 Å². The minimum atomic E-state index is -3.28. The molecule has 30 heavy (non-hydrogen) atoms. The Kier molecular flexibility index (Phi) is 10.6. The highest BCUT2D eigenvalue weighted by molar-refractivity contribution is 14.0. The molecule has 0 saturated heterocycles. The van der Waals surface area contributed by atoms with Crippen LogP contribution in [0.1, 0.15) is 23.6 Å². The molecule has 5 nitrogen and oxygen atoms in total. The van der Waals surface area contributed by atoms with Crippen LogP contribution in [0.3, 0.4) is 0 Å². The molecule has 0 amide bonds. The minimum absolute atomic E-state index is 0. The molecule has 0 unspecified atom stereocenters. The highest BCUT2D eigenvalue weighted by Gasteiger charge is 2.11. The van der Waals surface area contributed by atoms with E-state index >= 15 is 0 Å². The summed E-state index contributed by atoms with van der Waals surface area (Å²) in [5, 5.41) is 6.05. The number of hydrogen-bond acceptors (Lipinski definition) is 3. The molecule has 0 aliphatic heterocycles. The zero-order valence-electron chi connectivity index (χ0n) is 16.7. The number of aliphatic imine (C=N–C) groups is 1. The number of sulfone groups is 1. The third kappa shape index (κ3) is 8.90. The van der Waals surface area contributed by atoms with Gasteiger partial charge in [0.15, 0.2) is 15.8 Å². The molecule has 0 aromatic heterocycles. The van der Waals surface area contributed by atoms with Crippen LogP contribution in [0.15, 0.2) is 41.4 Å². The van der Waals surface area contributed by atoms with Crippen molar-refractivity contribution in [3.05, 3.63) is 70.5 Å².